The standard InChI is InChI=1S/C16H20N2O2/c1-2-17-16-12-14(8-9-18-16)13-19-10-11-20-15-6-4-3-5-7-15/h3-9,12H,2,10-11,13H2,1H3,(H,17,18). The molecule has 0 radical (unpaired) electrons. The maximum absolute atomic E-state index is 5.59. The van der Waals surface area contributed by atoms with Crippen molar-refractivity contribution in [2.45, 2.75) is 13.5 Å². The number of benzene rings is 1. The van der Waals surface area contributed by atoms with E-state index in [1.807, 2.05) is 49.4 Å². The zero-order valence-corrected chi connectivity index (χ0v) is 11.7. The first-order valence-electron chi connectivity index (χ1n) is 6.83. The highest BCUT2D eigenvalue weighted by Crippen LogP contribution is 2.09. The fraction of sp³-hybridized carbons (Fsp3) is 0.312. The summed E-state index contributed by atoms with van der Waals surface area (Å²) in [5, 5.41) is 3.18. The second-order valence-electron chi connectivity index (χ2n) is 4.29. The zero-order chi connectivity index (χ0) is 14.0. The summed E-state index contributed by atoms with van der Waals surface area (Å²) in [6, 6.07) is 13.7. The van der Waals surface area contributed by atoms with Crippen molar-refractivity contribution in [3.8, 4) is 5.75 Å². The number of hydrogen-bond acceptors (Lipinski definition) is 4. The van der Waals surface area contributed by atoms with Crippen LogP contribution in [0.25, 0.3) is 0 Å². The van der Waals surface area contributed by atoms with Gasteiger partial charge in [-0.05, 0) is 36.8 Å². The maximum Gasteiger partial charge on any atom is 0.126 e. The highest BCUT2D eigenvalue weighted by atomic mass is 16.5. The topological polar surface area (TPSA) is 43.4 Å². The van der Waals surface area contributed by atoms with Gasteiger partial charge in [-0.15, -0.1) is 0 Å². The van der Waals surface area contributed by atoms with Crippen molar-refractivity contribution < 1.29 is 9.47 Å². The summed E-state index contributed by atoms with van der Waals surface area (Å²) in [4.78, 5) is 4.22. The molecule has 0 atom stereocenters. The van der Waals surface area contributed by atoms with E-state index >= 15 is 0 Å². The van der Waals surface area contributed by atoms with Gasteiger partial charge in [-0.25, -0.2) is 4.98 Å². The van der Waals surface area contributed by atoms with Crippen molar-refractivity contribution in [3.05, 3.63) is 54.2 Å². The number of aromatic nitrogens is 1. The number of nitrogens with one attached hydrogen (secondary N) is 1. The number of hydrogen-bond donors (Lipinski definition) is 1. The molecule has 1 aromatic carbocycles. The first-order valence-corrected chi connectivity index (χ1v) is 6.83. The molecular weight excluding hydrogens is 252 g/mol. The third-order valence-corrected chi connectivity index (χ3v) is 2.69. The minimum Gasteiger partial charge on any atom is -0.491 e. The number of anilines is 1. The molecule has 0 aliphatic carbocycles. The van der Waals surface area contributed by atoms with Gasteiger partial charge in [0.25, 0.3) is 0 Å². The van der Waals surface area contributed by atoms with Gasteiger partial charge in [-0.2, -0.15) is 0 Å². The van der Waals surface area contributed by atoms with Crippen molar-refractivity contribution >= 4 is 5.82 Å². The predicted octanol–water partition coefficient (Wildman–Crippen LogP) is 3.11. The lowest BCUT2D eigenvalue weighted by atomic mass is 10.3. The van der Waals surface area contributed by atoms with Crippen molar-refractivity contribution in [2.24, 2.45) is 0 Å². The van der Waals surface area contributed by atoms with Crippen LogP contribution >= 0.6 is 0 Å². The molecule has 1 heterocycles. The molecule has 106 valence electrons. The molecule has 0 aliphatic rings. The fourth-order valence-corrected chi connectivity index (χ4v) is 1.77. The lowest BCUT2D eigenvalue weighted by Gasteiger charge is -2.08. The fourth-order valence-electron chi connectivity index (χ4n) is 1.77. The van der Waals surface area contributed by atoms with Crippen LogP contribution in [0.1, 0.15) is 12.5 Å². The van der Waals surface area contributed by atoms with Gasteiger partial charge in [-0.1, -0.05) is 18.2 Å². The third-order valence-electron chi connectivity index (χ3n) is 2.69. The van der Waals surface area contributed by atoms with Gasteiger partial charge in [-0.3, -0.25) is 0 Å². The lowest BCUT2D eigenvalue weighted by Crippen LogP contribution is -2.07. The lowest BCUT2D eigenvalue weighted by molar-refractivity contribution is 0.0889. The highest BCUT2D eigenvalue weighted by Gasteiger charge is 1.97. The van der Waals surface area contributed by atoms with E-state index in [0.717, 1.165) is 23.7 Å². The molecule has 4 heteroatoms. The van der Waals surface area contributed by atoms with E-state index in [1.165, 1.54) is 0 Å². The second-order valence-corrected chi connectivity index (χ2v) is 4.29. The highest BCUT2D eigenvalue weighted by molar-refractivity contribution is 5.36. The quantitative estimate of drug-likeness (QED) is 0.750. The molecule has 1 N–H and O–H groups in total. The normalized spacial score (nSPS) is 10.2. The summed E-state index contributed by atoms with van der Waals surface area (Å²) in [5.41, 5.74) is 1.11. The van der Waals surface area contributed by atoms with E-state index in [4.69, 9.17) is 9.47 Å². The van der Waals surface area contributed by atoms with Crippen LogP contribution in [0.4, 0.5) is 5.82 Å². The van der Waals surface area contributed by atoms with Gasteiger partial charge >= 0.3 is 0 Å². The molecule has 4 nitrogen and oxygen atoms in total. The molecule has 0 fully saturated rings. The Balaban J connectivity index is 1.67. The average Bonchev–Trinajstić information content (AvgIpc) is 2.49. The van der Waals surface area contributed by atoms with Crippen LogP contribution in [0.5, 0.6) is 5.75 Å². The van der Waals surface area contributed by atoms with Gasteiger partial charge in [0.15, 0.2) is 0 Å². The van der Waals surface area contributed by atoms with Gasteiger partial charge in [0.2, 0.25) is 0 Å². The summed E-state index contributed by atoms with van der Waals surface area (Å²) in [5.74, 6) is 1.75. The average molecular weight is 272 g/mol. The Morgan fingerprint density at radius 3 is 2.75 bits per heavy atom. The summed E-state index contributed by atoms with van der Waals surface area (Å²) in [6.07, 6.45) is 1.79. The first kappa shape index (κ1) is 14.3. The minimum absolute atomic E-state index is 0.551. The molecular formula is C16H20N2O2. The van der Waals surface area contributed by atoms with Gasteiger partial charge in [0, 0.05) is 12.7 Å². The molecule has 0 bridgehead atoms. The van der Waals surface area contributed by atoms with Crippen LogP contribution in [0.15, 0.2) is 48.7 Å². The Labute approximate surface area is 119 Å². The molecule has 0 spiro atoms. The van der Waals surface area contributed by atoms with Crippen LogP contribution in [-0.2, 0) is 11.3 Å². The van der Waals surface area contributed by atoms with Gasteiger partial charge in [0.1, 0.15) is 18.2 Å². The molecule has 0 saturated carbocycles. The Bertz CT molecular complexity index is 503. The second kappa shape index (κ2) is 8.17. The van der Waals surface area contributed by atoms with Crippen molar-refractivity contribution in [2.75, 3.05) is 25.1 Å². The monoisotopic (exact) mass is 272 g/mol. The Morgan fingerprint density at radius 2 is 1.95 bits per heavy atom. The van der Waals surface area contributed by atoms with E-state index in [1.54, 1.807) is 6.20 Å². The molecule has 0 unspecified atom stereocenters. The van der Waals surface area contributed by atoms with Gasteiger partial charge in [0.05, 0.1) is 13.2 Å². The number of ether oxygens (including phenoxy) is 2. The van der Waals surface area contributed by atoms with Crippen LogP contribution in [0.3, 0.4) is 0 Å². The summed E-state index contributed by atoms with van der Waals surface area (Å²) in [7, 11) is 0. The van der Waals surface area contributed by atoms with Gasteiger partial charge < -0.3 is 14.8 Å². The largest absolute Gasteiger partial charge is 0.491 e. The summed E-state index contributed by atoms with van der Waals surface area (Å²) < 4.78 is 11.2. The molecule has 2 rings (SSSR count). The van der Waals surface area contributed by atoms with Crippen LogP contribution in [0, 0.1) is 0 Å². The van der Waals surface area contributed by atoms with Crippen molar-refractivity contribution in [1.82, 2.24) is 4.98 Å². The molecule has 0 saturated heterocycles. The molecule has 0 aliphatic heterocycles. The smallest absolute Gasteiger partial charge is 0.126 e. The third kappa shape index (κ3) is 4.90. The van der Waals surface area contributed by atoms with E-state index in [-0.39, 0.29) is 0 Å². The summed E-state index contributed by atoms with van der Waals surface area (Å²) in [6.45, 7) is 4.59. The van der Waals surface area contributed by atoms with E-state index < -0.39 is 0 Å². The van der Waals surface area contributed by atoms with Crippen LogP contribution < -0.4 is 10.1 Å². The zero-order valence-electron chi connectivity index (χ0n) is 11.7. The Kier molecular flexibility index (Phi) is 5.86. The Morgan fingerprint density at radius 1 is 1.10 bits per heavy atom. The SMILES string of the molecule is CCNc1cc(COCCOc2ccccc2)ccn1. The van der Waals surface area contributed by atoms with Crippen LogP contribution in [-0.4, -0.2) is 24.7 Å². The van der Waals surface area contributed by atoms with Crippen LogP contribution in [0.2, 0.25) is 0 Å². The van der Waals surface area contributed by atoms with E-state index in [9.17, 15) is 0 Å². The number of pyridine rings is 1. The Hall–Kier alpha value is -2.07. The molecule has 2 aromatic rings. The van der Waals surface area contributed by atoms with Crippen molar-refractivity contribution in [3.63, 3.8) is 0 Å². The predicted molar refractivity (Wildman–Crippen MR) is 80.0 cm³/mol. The van der Waals surface area contributed by atoms with E-state index in [2.05, 4.69) is 10.3 Å². The first-order chi connectivity index (χ1) is 9.88. The minimum atomic E-state index is 0.551. The molecule has 1 aromatic heterocycles. The number of rotatable bonds is 8. The molecule has 0 amide bonds. The number of nitrogens with zero attached hydrogens (tertiary/aromatic N) is 1. The molecule has 20 heavy (non-hydrogen) atoms. The van der Waals surface area contributed by atoms with Crippen molar-refractivity contribution in [1.29, 1.82) is 0 Å². The maximum atomic E-state index is 5.59. The number of para-hydroxylation sites is 1. The summed E-state index contributed by atoms with van der Waals surface area (Å²) >= 11 is 0. The van der Waals surface area contributed by atoms with E-state index in [0.29, 0.717) is 19.8 Å².